The van der Waals surface area contributed by atoms with E-state index in [1.807, 2.05) is 13.2 Å². The zero-order chi connectivity index (χ0) is 12.7. The predicted molar refractivity (Wildman–Crippen MR) is 62.1 cm³/mol. The molecule has 0 bridgehead atoms. The quantitative estimate of drug-likeness (QED) is 0.720. The second-order valence-corrected chi connectivity index (χ2v) is 3.83. The number of aryl methyl sites for hydroxylation is 1. The number of aromatic carboxylic acids is 1. The van der Waals surface area contributed by atoms with Crippen LogP contribution in [0.1, 0.15) is 10.5 Å². The Morgan fingerprint density at radius 1 is 1.39 bits per heavy atom. The first-order chi connectivity index (χ1) is 8.65. The molecule has 0 saturated heterocycles. The van der Waals surface area contributed by atoms with Gasteiger partial charge in [0.2, 0.25) is 5.78 Å². The average molecular weight is 243 g/mol. The Morgan fingerprint density at radius 2 is 2.22 bits per heavy atom. The van der Waals surface area contributed by atoms with Crippen molar-refractivity contribution in [3.05, 3.63) is 36.5 Å². The molecule has 90 valence electrons. The number of rotatable bonds is 2. The topological polar surface area (TPSA) is 85.3 Å². The van der Waals surface area contributed by atoms with Gasteiger partial charge in [0.05, 0.1) is 11.9 Å². The van der Waals surface area contributed by atoms with Crippen LogP contribution in [0.3, 0.4) is 0 Å². The van der Waals surface area contributed by atoms with Gasteiger partial charge in [0.1, 0.15) is 0 Å². The molecule has 0 aliphatic carbocycles. The third-order valence-electron chi connectivity index (χ3n) is 2.59. The van der Waals surface area contributed by atoms with E-state index in [1.165, 1.54) is 6.20 Å². The SMILES string of the molecule is Cn1cc(-c2ccnc3nc(C(=O)O)cn23)cn1. The molecule has 18 heavy (non-hydrogen) atoms. The summed E-state index contributed by atoms with van der Waals surface area (Å²) in [7, 11) is 1.82. The maximum Gasteiger partial charge on any atom is 0.356 e. The Bertz CT molecular complexity index is 743. The van der Waals surface area contributed by atoms with Crippen molar-refractivity contribution in [2.75, 3.05) is 0 Å². The normalized spacial score (nSPS) is 10.9. The second-order valence-electron chi connectivity index (χ2n) is 3.83. The van der Waals surface area contributed by atoms with E-state index in [-0.39, 0.29) is 5.69 Å². The predicted octanol–water partition coefficient (Wildman–Crippen LogP) is 0.828. The van der Waals surface area contributed by atoms with Crippen LogP contribution in [-0.2, 0) is 7.05 Å². The Kier molecular flexibility index (Phi) is 2.12. The van der Waals surface area contributed by atoms with Crippen molar-refractivity contribution in [1.29, 1.82) is 0 Å². The van der Waals surface area contributed by atoms with E-state index < -0.39 is 5.97 Å². The highest BCUT2D eigenvalue weighted by molar-refractivity contribution is 5.86. The number of imidazole rings is 1. The molecule has 7 nitrogen and oxygen atoms in total. The summed E-state index contributed by atoms with van der Waals surface area (Å²) >= 11 is 0. The van der Waals surface area contributed by atoms with Crippen molar-refractivity contribution < 1.29 is 9.90 Å². The highest BCUT2D eigenvalue weighted by Gasteiger charge is 2.12. The van der Waals surface area contributed by atoms with E-state index in [9.17, 15) is 4.79 Å². The zero-order valence-corrected chi connectivity index (χ0v) is 9.48. The van der Waals surface area contributed by atoms with E-state index in [4.69, 9.17) is 5.11 Å². The van der Waals surface area contributed by atoms with Crippen LogP contribution in [0, 0.1) is 0 Å². The molecule has 7 heteroatoms. The number of carbonyl (C=O) groups is 1. The number of hydrogen-bond donors (Lipinski definition) is 1. The number of hydrogen-bond acceptors (Lipinski definition) is 4. The molecule has 0 atom stereocenters. The van der Waals surface area contributed by atoms with Gasteiger partial charge in [0, 0.05) is 31.2 Å². The van der Waals surface area contributed by atoms with Crippen LogP contribution in [0.4, 0.5) is 0 Å². The van der Waals surface area contributed by atoms with Crippen LogP contribution in [0.15, 0.2) is 30.9 Å². The third-order valence-corrected chi connectivity index (χ3v) is 2.59. The van der Waals surface area contributed by atoms with Gasteiger partial charge < -0.3 is 5.11 Å². The van der Waals surface area contributed by atoms with Crippen LogP contribution in [0.2, 0.25) is 0 Å². The molecule has 0 aliphatic rings. The Balaban J connectivity index is 2.26. The fourth-order valence-electron chi connectivity index (χ4n) is 1.79. The summed E-state index contributed by atoms with van der Waals surface area (Å²) in [5, 5.41) is 13.0. The molecule has 0 spiro atoms. The van der Waals surface area contributed by atoms with Crippen molar-refractivity contribution in [1.82, 2.24) is 24.1 Å². The van der Waals surface area contributed by atoms with Crippen molar-refractivity contribution in [2.45, 2.75) is 0 Å². The van der Waals surface area contributed by atoms with Crippen molar-refractivity contribution in [2.24, 2.45) is 7.05 Å². The van der Waals surface area contributed by atoms with Gasteiger partial charge in [-0.1, -0.05) is 0 Å². The minimum Gasteiger partial charge on any atom is -0.476 e. The molecule has 0 saturated carbocycles. The highest BCUT2D eigenvalue weighted by atomic mass is 16.4. The molecule has 0 fully saturated rings. The summed E-state index contributed by atoms with van der Waals surface area (Å²) in [6.07, 6.45) is 6.59. The zero-order valence-electron chi connectivity index (χ0n) is 9.48. The number of fused-ring (bicyclic) bond motifs is 1. The number of carboxylic acid groups (broad SMARTS) is 1. The molecule has 1 N–H and O–H groups in total. The van der Waals surface area contributed by atoms with E-state index in [0.29, 0.717) is 5.78 Å². The first-order valence-electron chi connectivity index (χ1n) is 5.21. The van der Waals surface area contributed by atoms with Gasteiger partial charge in [0.15, 0.2) is 5.69 Å². The van der Waals surface area contributed by atoms with Crippen LogP contribution < -0.4 is 0 Å². The Labute approximate surface area is 101 Å². The molecule has 0 amide bonds. The lowest BCUT2D eigenvalue weighted by molar-refractivity contribution is 0.0691. The molecule has 0 aliphatic heterocycles. The van der Waals surface area contributed by atoms with Crippen molar-refractivity contribution in [3.63, 3.8) is 0 Å². The van der Waals surface area contributed by atoms with Gasteiger partial charge in [0.25, 0.3) is 0 Å². The maximum atomic E-state index is 10.9. The number of aromatic nitrogens is 5. The summed E-state index contributed by atoms with van der Waals surface area (Å²) in [6.45, 7) is 0. The van der Waals surface area contributed by atoms with Gasteiger partial charge >= 0.3 is 5.97 Å². The molecule has 0 radical (unpaired) electrons. The van der Waals surface area contributed by atoms with Crippen LogP contribution in [-0.4, -0.2) is 35.2 Å². The van der Waals surface area contributed by atoms with Gasteiger partial charge in [-0.3, -0.25) is 9.08 Å². The highest BCUT2D eigenvalue weighted by Crippen LogP contribution is 2.19. The number of carboxylic acids is 1. The maximum absolute atomic E-state index is 10.9. The second kappa shape index (κ2) is 3.66. The molecule has 3 heterocycles. The van der Waals surface area contributed by atoms with Gasteiger partial charge in [-0.05, 0) is 6.07 Å². The summed E-state index contributed by atoms with van der Waals surface area (Å²) in [5.74, 6) is -0.716. The van der Waals surface area contributed by atoms with E-state index in [2.05, 4.69) is 15.1 Å². The standard InChI is InChI=1S/C11H9N5O2/c1-15-5-7(4-13-15)9-2-3-12-11-14-8(10(17)18)6-16(9)11/h2-6H,1H3,(H,17,18). The molecular formula is C11H9N5O2. The lowest BCUT2D eigenvalue weighted by Gasteiger charge is -2.00. The Hall–Kier alpha value is -2.70. The average Bonchev–Trinajstić information content (AvgIpc) is 2.94. The largest absolute Gasteiger partial charge is 0.476 e. The summed E-state index contributed by atoms with van der Waals surface area (Å²) < 4.78 is 3.32. The smallest absolute Gasteiger partial charge is 0.356 e. The molecule has 3 aromatic heterocycles. The molecule has 0 unspecified atom stereocenters. The summed E-state index contributed by atoms with van der Waals surface area (Å²) in [6, 6.07) is 1.79. The van der Waals surface area contributed by atoms with Crippen molar-refractivity contribution >= 4 is 11.7 Å². The first-order valence-corrected chi connectivity index (χ1v) is 5.21. The fraction of sp³-hybridized carbons (Fsp3) is 0.0909. The summed E-state index contributed by atoms with van der Waals surface area (Å²) in [5.41, 5.74) is 1.64. The fourth-order valence-corrected chi connectivity index (χ4v) is 1.79. The molecular weight excluding hydrogens is 234 g/mol. The monoisotopic (exact) mass is 243 g/mol. The minimum absolute atomic E-state index is 0.0289. The third kappa shape index (κ3) is 1.53. The lowest BCUT2D eigenvalue weighted by atomic mass is 10.2. The van der Waals surface area contributed by atoms with Gasteiger partial charge in [-0.25, -0.2) is 14.8 Å². The van der Waals surface area contributed by atoms with E-state index in [0.717, 1.165) is 11.3 Å². The van der Waals surface area contributed by atoms with Crippen molar-refractivity contribution in [3.8, 4) is 11.3 Å². The molecule has 3 rings (SSSR count). The van der Waals surface area contributed by atoms with Gasteiger partial charge in [-0.15, -0.1) is 0 Å². The van der Waals surface area contributed by atoms with E-state index >= 15 is 0 Å². The van der Waals surface area contributed by atoms with Crippen LogP contribution >= 0.6 is 0 Å². The lowest BCUT2D eigenvalue weighted by Crippen LogP contribution is -1.95. The molecule has 3 aromatic rings. The minimum atomic E-state index is -1.07. The van der Waals surface area contributed by atoms with Crippen LogP contribution in [0.5, 0.6) is 0 Å². The summed E-state index contributed by atoms with van der Waals surface area (Å²) in [4.78, 5) is 18.9. The number of nitrogens with zero attached hydrogens (tertiary/aromatic N) is 5. The molecule has 0 aromatic carbocycles. The van der Waals surface area contributed by atoms with E-state index in [1.54, 1.807) is 27.5 Å². The van der Waals surface area contributed by atoms with Gasteiger partial charge in [-0.2, -0.15) is 5.10 Å². The Morgan fingerprint density at radius 3 is 2.89 bits per heavy atom. The van der Waals surface area contributed by atoms with Crippen LogP contribution in [0.25, 0.3) is 17.0 Å². The first kappa shape index (κ1) is 10.5.